The maximum atomic E-state index is 11.8. The minimum absolute atomic E-state index is 0.153. The van der Waals surface area contributed by atoms with Crippen LogP contribution in [0.2, 0.25) is 0 Å². The van der Waals surface area contributed by atoms with Gasteiger partial charge >= 0.3 is 0 Å². The minimum Gasteiger partial charge on any atom is -0.376 e. The summed E-state index contributed by atoms with van der Waals surface area (Å²) < 4.78 is 5.55. The molecule has 1 heterocycles. The fourth-order valence-corrected chi connectivity index (χ4v) is 2.09. The van der Waals surface area contributed by atoms with Gasteiger partial charge < -0.3 is 10.1 Å². The van der Waals surface area contributed by atoms with Crippen molar-refractivity contribution in [1.29, 1.82) is 0 Å². The van der Waals surface area contributed by atoms with Gasteiger partial charge in [0.2, 0.25) is 5.91 Å². The molecule has 1 N–H and O–H groups in total. The van der Waals surface area contributed by atoms with E-state index in [4.69, 9.17) is 4.74 Å². The normalized spacial score (nSPS) is 23.1. The molecule has 1 aliphatic heterocycles. The number of hydrogen-bond donors (Lipinski definition) is 1. The van der Waals surface area contributed by atoms with Crippen LogP contribution in [0.5, 0.6) is 0 Å². The first kappa shape index (κ1) is 12.5. The first-order valence-electron chi connectivity index (χ1n) is 6.11. The number of nitrogens with one attached hydrogen (secondary N) is 1. The lowest BCUT2D eigenvalue weighted by atomic mass is 10.0. The van der Waals surface area contributed by atoms with Crippen molar-refractivity contribution in [3.8, 4) is 0 Å². The molecule has 1 aliphatic rings. The SMILES string of the molecule is CCC(CC)C(=O)N[C@@H](C)[C@H]1CCCO1. The van der Waals surface area contributed by atoms with Crippen molar-refractivity contribution in [1.82, 2.24) is 5.32 Å². The maximum absolute atomic E-state index is 11.8. The van der Waals surface area contributed by atoms with Gasteiger partial charge in [-0.05, 0) is 32.6 Å². The van der Waals surface area contributed by atoms with Gasteiger partial charge in [-0.3, -0.25) is 4.79 Å². The highest BCUT2D eigenvalue weighted by atomic mass is 16.5. The Morgan fingerprint density at radius 3 is 2.60 bits per heavy atom. The van der Waals surface area contributed by atoms with E-state index in [1.807, 2.05) is 6.92 Å². The van der Waals surface area contributed by atoms with E-state index in [2.05, 4.69) is 19.2 Å². The molecule has 0 spiro atoms. The fraction of sp³-hybridized carbons (Fsp3) is 0.917. The van der Waals surface area contributed by atoms with Gasteiger partial charge in [-0.2, -0.15) is 0 Å². The Hall–Kier alpha value is -0.570. The van der Waals surface area contributed by atoms with Crippen molar-refractivity contribution in [2.45, 2.75) is 58.6 Å². The highest BCUT2D eigenvalue weighted by Crippen LogP contribution is 2.16. The summed E-state index contributed by atoms with van der Waals surface area (Å²) in [7, 11) is 0. The molecule has 1 fully saturated rings. The minimum atomic E-state index is 0.153. The Morgan fingerprint density at radius 1 is 1.47 bits per heavy atom. The molecule has 0 aromatic rings. The summed E-state index contributed by atoms with van der Waals surface area (Å²) in [4.78, 5) is 11.8. The van der Waals surface area contributed by atoms with Crippen LogP contribution in [-0.2, 0) is 9.53 Å². The summed E-state index contributed by atoms with van der Waals surface area (Å²) in [5.74, 6) is 0.344. The van der Waals surface area contributed by atoms with E-state index in [1.165, 1.54) is 0 Å². The molecule has 0 saturated carbocycles. The van der Waals surface area contributed by atoms with E-state index in [9.17, 15) is 4.79 Å². The Bertz CT molecular complexity index is 196. The molecule has 0 unspecified atom stereocenters. The van der Waals surface area contributed by atoms with Gasteiger partial charge in [-0.15, -0.1) is 0 Å². The third kappa shape index (κ3) is 3.49. The van der Waals surface area contributed by atoms with Crippen molar-refractivity contribution >= 4 is 5.91 Å². The molecule has 15 heavy (non-hydrogen) atoms. The molecular formula is C12H23NO2. The third-order valence-electron chi connectivity index (χ3n) is 3.25. The summed E-state index contributed by atoms with van der Waals surface area (Å²) in [5, 5.41) is 3.06. The highest BCUT2D eigenvalue weighted by molar-refractivity contribution is 5.78. The van der Waals surface area contributed by atoms with Crippen LogP contribution in [0, 0.1) is 5.92 Å². The molecule has 3 nitrogen and oxygen atoms in total. The first-order valence-corrected chi connectivity index (χ1v) is 6.11. The molecule has 0 bridgehead atoms. The van der Waals surface area contributed by atoms with E-state index in [0.717, 1.165) is 32.3 Å². The van der Waals surface area contributed by atoms with Crippen molar-refractivity contribution in [3.05, 3.63) is 0 Å². The maximum Gasteiger partial charge on any atom is 0.223 e. The van der Waals surface area contributed by atoms with Gasteiger partial charge in [0, 0.05) is 12.5 Å². The standard InChI is InChI=1S/C12H23NO2/c1-4-10(5-2)12(14)13-9(3)11-7-6-8-15-11/h9-11H,4-8H2,1-3H3,(H,13,14)/t9-,11+/m0/s1. The molecule has 2 atom stereocenters. The van der Waals surface area contributed by atoms with Gasteiger partial charge in [-0.25, -0.2) is 0 Å². The number of rotatable bonds is 5. The summed E-state index contributed by atoms with van der Waals surface area (Å²) >= 11 is 0. The van der Waals surface area contributed by atoms with Crippen molar-refractivity contribution in [2.24, 2.45) is 5.92 Å². The van der Waals surface area contributed by atoms with Crippen LogP contribution in [0.3, 0.4) is 0 Å². The number of carbonyl (C=O) groups is 1. The Balaban J connectivity index is 2.35. The van der Waals surface area contributed by atoms with Crippen molar-refractivity contribution in [2.75, 3.05) is 6.61 Å². The van der Waals surface area contributed by atoms with E-state index in [1.54, 1.807) is 0 Å². The predicted molar refractivity (Wildman–Crippen MR) is 60.7 cm³/mol. The average Bonchev–Trinajstić information content (AvgIpc) is 2.72. The largest absolute Gasteiger partial charge is 0.376 e. The molecule has 0 radical (unpaired) electrons. The molecule has 1 saturated heterocycles. The smallest absolute Gasteiger partial charge is 0.223 e. The number of hydrogen-bond acceptors (Lipinski definition) is 2. The van der Waals surface area contributed by atoms with Crippen LogP contribution in [0.1, 0.15) is 46.5 Å². The highest BCUT2D eigenvalue weighted by Gasteiger charge is 2.25. The second kappa shape index (κ2) is 6.11. The second-order valence-electron chi connectivity index (χ2n) is 4.36. The second-order valence-corrected chi connectivity index (χ2v) is 4.36. The van der Waals surface area contributed by atoms with Crippen LogP contribution in [-0.4, -0.2) is 24.7 Å². The predicted octanol–water partition coefficient (Wildman–Crippen LogP) is 2.11. The van der Waals surface area contributed by atoms with E-state index in [0.29, 0.717) is 0 Å². The first-order chi connectivity index (χ1) is 7.19. The molecule has 3 heteroatoms. The van der Waals surface area contributed by atoms with Gasteiger partial charge in [0.1, 0.15) is 0 Å². The molecule has 88 valence electrons. The molecular weight excluding hydrogens is 190 g/mol. The van der Waals surface area contributed by atoms with Gasteiger partial charge in [0.15, 0.2) is 0 Å². The summed E-state index contributed by atoms with van der Waals surface area (Å²) in [6.07, 6.45) is 4.25. The molecule has 0 aromatic heterocycles. The quantitative estimate of drug-likeness (QED) is 0.759. The van der Waals surface area contributed by atoms with Crippen LogP contribution < -0.4 is 5.32 Å². The Morgan fingerprint density at radius 2 is 2.13 bits per heavy atom. The number of amides is 1. The van der Waals surface area contributed by atoms with Crippen molar-refractivity contribution in [3.63, 3.8) is 0 Å². The van der Waals surface area contributed by atoms with E-state index >= 15 is 0 Å². The zero-order valence-corrected chi connectivity index (χ0v) is 10.1. The summed E-state index contributed by atoms with van der Waals surface area (Å²) in [6, 6.07) is 0.153. The zero-order chi connectivity index (χ0) is 11.3. The Labute approximate surface area is 92.6 Å². The van der Waals surface area contributed by atoms with Crippen LogP contribution >= 0.6 is 0 Å². The van der Waals surface area contributed by atoms with Crippen LogP contribution in [0.25, 0.3) is 0 Å². The molecule has 0 aliphatic carbocycles. The van der Waals surface area contributed by atoms with Gasteiger partial charge in [0.05, 0.1) is 12.1 Å². The number of ether oxygens (including phenoxy) is 1. The lowest BCUT2D eigenvalue weighted by molar-refractivity contribution is -0.126. The van der Waals surface area contributed by atoms with E-state index < -0.39 is 0 Å². The number of carbonyl (C=O) groups excluding carboxylic acids is 1. The van der Waals surface area contributed by atoms with Crippen LogP contribution in [0.15, 0.2) is 0 Å². The van der Waals surface area contributed by atoms with Crippen molar-refractivity contribution < 1.29 is 9.53 Å². The van der Waals surface area contributed by atoms with Crippen LogP contribution in [0.4, 0.5) is 0 Å². The fourth-order valence-electron chi connectivity index (χ4n) is 2.09. The molecule has 0 aromatic carbocycles. The van der Waals surface area contributed by atoms with E-state index in [-0.39, 0.29) is 24.0 Å². The topological polar surface area (TPSA) is 38.3 Å². The lowest BCUT2D eigenvalue weighted by Gasteiger charge is -2.22. The van der Waals surface area contributed by atoms with Gasteiger partial charge in [-0.1, -0.05) is 13.8 Å². The third-order valence-corrected chi connectivity index (χ3v) is 3.25. The Kier molecular flexibility index (Phi) is 5.09. The monoisotopic (exact) mass is 213 g/mol. The lowest BCUT2D eigenvalue weighted by Crippen LogP contribution is -2.43. The summed E-state index contributed by atoms with van der Waals surface area (Å²) in [5.41, 5.74) is 0. The molecule has 1 rings (SSSR count). The zero-order valence-electron chi connectivity index (χ0n) is 10.1. The molecule has 1 amide bonds. The summed E-state index contributed by atoms with van der Waals surface area (Å²) in [6.45, 7) is 7.00. The van der Waals surface area contributed by atoms with Gasteiger partial charge in [0.25, 0.3) is 0 Å². The average molecular weight is 213 g/mol.